The third kappa shape index (κ3) is 2.71. The average molecular weight is 473 g/mol. The van der Waals surface area contributed by atoms with E-state index < -0.39 is 0 Å². The fraction of sp³-hybridized carbons (Fsp3) is 0.455. The van der Waals surface area contributed by atoms with E-state index in [0.29, 0.717) is 23.8 Å². The molecule has 3 nitrogen and oxygen atoms in total. The molecule has 2 heterocycles. The Morgan fingerprint density at radius 3 is 2.57 bits per heavy atom. The zero-order valence-electron chi connectivity index (χ0n) is 15.3. The van der Waals surface area contributed by atoms with E-state index in [4.69, 9.17) is 17.2 Å². The van der Waals surface area contributed by atoms with Gasteiger partial charge in [-0.05, 0) is 98.3 Å². The molecule has 0 radical (unpaired) electrons. The quantitative estimate of drug-likeness (QED) is 0.609. The standard InChI is InChI=1S/C22H21BrN2OS2/c23-16-1-2-18-13(8-16)9-17(24-18)10-19-21(26)25(22(27)28-19)20-14-4-11-3-12(6-14)7-15(20)5-11/h1-2,8-12,14-15,20,26H,3-7H2. The van der Waals surface area contributed by atoms with E-state index in [0.717, 1.165) is 41.4 Å². The van der Waals surface area contributed by atoms with Crippen LogP contribution in [0.15, 0.2) is 33.4 Å². The second kappa shape index (κ2) is 6.38. The number of nitrogens with zero attached hydrogens (tertiary/aromatic N) is 2. The fourth-order valence-corrected chi connectivity index (χ4v) is 8.07. The molecule has 144 valence electrons. The van der Waals surface area contributed by atoms with E-state index >= 15 is 0 Å². The lowest BCUT2D eigenvalue weighted by Gasteiger charge is -2.54. The van der Waals surface area contributed by atoms with Gasteiger partial charge in [-0.25, -0.2) is 4.99 Å². The van der Waals surface area contributed by atoms with Gasteiger partial charge in [-0.1, -0.05) is 15.9 Å². The van der Waals surface area contributed by atoms with Gasteiger partial charge in [0.25, 0.3) is 0 Å². The Balaban J connectivity index is 1.39. The summed E-state index contributed by atoms with van der Waals surface area (Å²) in [6, 6.07) is 6.48. The van der Waals surface area contributed by atoms with Gasteiger partial charge in [-0.15, -0.1) is 11.3 Å². The Bertz CT molecular complexity index is 1160. The van der Waals surface area contributed by atoms with Crippen LogP contribution < -0.4 is 10.6 Å². The first kappa shape index (κ1) is 17.6. The number of thiazole rings is 1. The normalized spacial score (nSPS) is 33.8. The second-order valence-electron chi connectivity index (χ2n) is 8.88. The molecule has 5 aliphatic rings. The molecule has 1 aromatic carbocycles. The fourth-order valence-electron chi connectivity index (χ4n) is 6.35. The highest BCUT2D eigenvalue weighted by Gasteiger charge is 2.49. The molecule has 28 heavy (non-hydrogen) atoms. The lowest BCUT2D eigenvalue weighted by molar-refractivity contribution is -0.0314. The minimum absolute atomic E-state index is 0.348. The summed E-state index contributed by atoms with van der Waals surface area (Å²) in [5, 5.41) is 13.2. The van der Waals surface area contributed by atoms with Gasteiger partial charge < -0.3 is 5.11 Å². The minimum Gasteiger partial charge on any atom is -0.493 e. The van der Waals surface area contributed by atoms with Crippen LogP contribution >= 0.6 is 39.5 Å². The lowest BCUT2D eigenvalue weighted by Crippen LogP contribution is -2.45. The Morgan fingerprint density at radius 1 is 1.14 bits per heavy atom. The minimum atomic E-state index is 0.348. The smallest absolute Gasteiger partial charge is 0.210 e. The van der Waals surface area contributed by atoms with Crippen molar-refractivity contribution < 1.29 is 5.11 Å². The van der Waals surface area contributed by atoms with E-state index in [9.17, 15) is 5.11 Å². The summed E-state index contributed by atoms with van der Waals surface area (Å²) >= 11 is 10.8. The van der Waals surface area contributed by atoms with Crippen molar-refractivity contribution in [2.45, 2.75) is 38.1 Å². The van der Waals surface area contributed by atoms with Crippen LogP contribution in [0.5, 0.6) is 5.88 Å². The Labute approximate surface area is 181 Å². The van der Waals surface area contributed by atoms with E-state index in [1.54, 1.807) is 0 Å². The maximum atomic E-state index is 11.1. The van der Waals surface area contributed by atoms with Crippen LogP contribution in [0.4, 0.5) is 0 Å². The van der Waals surface area contributed by atoms with Gasteiger partial charge in [0.1, 0.15) is 0 Å². The molecule has 4 aliphatic carbocycles. The van der Waals surface area contributed by atoms with Crippen molar-refractivity contribution in [3.05, 3.63) is 47.8 Å². The summed E-state index contributed by atoms with van der Waals surface area (Å²) in [5.74, 6) is 3.56. The molecule has 4 saturated carbocycles. The van der Waals surface area contributed by atoms with E-state index in [2.05, 4.69) is 32.6 Å². The summed E-state index contributed by atoms with van der Waals surface area (Å²) in [6.07, 6.45) is 10.8. The van der Waals surface area contributed by atoms with Crippen molar-refractivity contribution in [3.63, 3.8) is 0 Å². The molecule has 1 N–H and O–H groups in total. The molecule has 4 bridgehead atoms. The summed E-state index contributed by atoms with van der Waals surface area (Å²) in [7, 11) is 0. The molecule has 7 rings (SSSR count). The van der Waals surface area contributed by atoms with Gasteiger partial charge in [-0.2, -0.15) is 0 Å². The Morgan fingerprint density at radius 2 is 1.86 bits per heavy atom. The number of benzene rings is 1. The first-order valence-corrected chi connectivity index (χ1v) is 12.1. The maximum absolute atomic E-state index is 11.1. The third-order valence-corrected chi connectivity index (χ3v) is 8.97. The number of fused-ring (bicyclic) bond motifs is 1. The molecule has 6 heteroatoms. The van der Waals surface area contributed by atoms with Crippen molar-refractivity contribution in [2.75, 3.05) is 0 Å². The molecule has 0 spiro atoms. The summed E-state index contributed by atoms with van der Waals surface area (Å²) in [4.78, 5) is 5.52. The number of aromatic hydroxyl groups is 1. The number of rotatable bonds is 2. The summed E-state index contributed by atoms with van der Waals surface area (Å²) in [5.41, 5.74) is 0.872. The SMILES string of the molecule is Oc1c(C=C2C=c3cc(Br)ccc3=N2)sc(=S)n1C1C2CC3CC(C2)CC1C3. The molecule has 0 saturated heterocycles. The predicted molar refractivity (Wildman–Crippen MR) is 118 cm³/mol. The molecule has 4 fully saturated rings. The topological polar surface area (TPSA) is 37.5 Å². The number of hydrogen-bond donors (Lipinski definition) is 1. The highest BCUT2D eigenvalue weighted by molar-refractivity contribution is 9.10. The van der Waals surface area contributed by atoms with Gasteiger partial charge in [0.2, 0.25) is 5.88 Å². The van der Waals surface area contributed by atoms with E-state index in [-0.39, 0.29) is 0 Å². The highest BCUT2D eigenvalue weighted by Crippen LogP contribution is 2.59. The highest BCUT2D eigenvalue weighted by atomic mass is 79.9. The first-order chi connectivity index (χ1) is 13.5. The van der Waals surface area contributed by atoms with Crippen molar-refractivity contribution in [1.82, 2.24) is 4.57 Å². The number of hydrogen-bond acceptors (Lipinski definition) is 4. The largest absolute Gasteiger partial charge is 0.493 e. The molecule has 1 aromatic heterocycles. The summed E-state index contributed by atoms with van der Waals surface area (Å²) < 4.78 is 3.95. The second-order valence-corrected chi connectivity index (χ2v) is 11.5. The number of aromatic nitrogens is 1. The molecule has 0 atom stereocenters. The predicted octanol–water partition coefficient (Wildman–Crippen LogP) is 5.20. The van der Waals surface area contributed by atoms with Crippen LogP contribution in [0.2, 0.25) is 0 Å². The molecular weight excluding hydrogens is 452 g/mol. The van der Waals surface area contributed by atoms with Crippen LogP contribution in [-0.2, 0) is 0 Å². The van der Waals surface area contributed by atoms with Gasteiger partial charge in [0.15, 0.2) is 3.95 Å². The molecular formula is C22H21BrN2OS2. The monoisotopic (exact) mass is 472 g/mol. The van der Waals surface area contributed by atoms with Crippen LogP contribution in [0.25, 0.3) is 12.2 Å². The van der Waals surface area contributed by atoms with Gasteiger partial charge >= 0.3 is 0 Å². The number of halogens is 1. The third-order valence-electron chi connectivity index (χ3n) is 7.14. The summed E-state index contributed by atoms with van der Waals surface area (Å²) in [6.45, 7) is 0. The zero-order valence-corrected chi connectivity index (χ0v) is 18.6. The molecule has 2 aromatic rings. The van der Waals surface area contributed by atoms with Gasteiger partial charge in [0.05, 0.1) is 15.9 Å². The van der Waals surface area contributed by atoms with E-state index in [1.807, 2.05) is 18.2 Å². The lowest BCUT2D eigenvalue weighted by atomic mass is 9.54. The van der Waals surface area contributed by atoms with E-state index in [1.165, 1.54) is 43.4 Å². The van der Waals surface area contributed by atoms with Gasteiger partial charge in [0, 0.05) is 15.7 Å². The van der Waals surface area contributed by atoms with Crippen LogP contribution in [0.1, 0.15) is 43.0 Å². The van der Waals surface area contributed by atoms with Crippen LogP contribution in [0, 0.1) is 27.6 Å². The van der Waals surface area contributed by atoms with Crippen LogP contribution in [0.3, 0.4) is 0 Å². The molecule has 0 unspecified atom stereocenters. The van der Waals surface area contributed by atoms with Gasteiger partial charge in [-0.3, -0.25) is 4.57 Å². The van der Waals surface area contributed by atoms with Crippen molar-refractivity contribution in [3.8, 4) is 5.88 Å². The number of allylic oxidation sites excluding steroid dienone is 1. The average Bonchev–Trinajstić information content (AvgIpc) is 3.15. The Kier molecular flexibility index (Phi) is 4.01. The van der Waals surface area contributed by atoms with Crippen molar-refractivity contribution in [1.29, 1.82) is 0 Å². The van der Waals surface area contributed by atoms with Crippen molar-refractivity contribution >= 4 is 51.6 Å². The Hall–Kier alpha value is -1.24. The zero-order chi connectivity index (χ0) is 19.0. The van der Waals surface area contributed by atoms with Crippen LogP contribution in [-0.4, -0.2) is 9.67 Å². The maximum Gasteiger partial charge on any atom is 0.210 e. The molecule has 1 aliphatic heterocycles. The molecule has 0 amide bonds. The van der Waals surface area contributed by atoms with Crippen molar-refractivity contribution in [2.24, 2.45) is 28.7 Å². The first-order valence-electron chi connectivity index (χ1n) is 10.1.